The predicted octanol–water partition coefficient (Wildman–Crippen LogP) is -2.15. The summed E-state index contributed by atoms with van der Waals surface area (Å²) in [7, 11) is 0. The molecule has 0 bridgehead atoms. The second kappa shape index (κ2) is 12.1. The number of phenols is 1. The largest absolute Gasteiger partial charge is 0.508 e. The number of carboxylic acids is 1. The van der Waals surface area contributed by atoms with E-state index in [9.17, 15) is 34.2 Å². The zero-order valence-electron chi connectivity index (χ0n) is 16.7. The van der Waals surface area contributed by atoms with Crippen LogP contribution in [0.4, 0.5) is 0 Å². The van der Waals surface area contributed by atoms with Crippen LogP contribution >= 0.6 is 0 Å². The number of phenolic OH excluding ortho intramolecular Hbond substituents is 1. The molecule has 0 saturated carbocycles. The molecule has 1 aromatic rings. The van der Waals surface area contributed by atoms with E-state index >= 15 is 0 Å². The summed E-state index contributed by atoms with van der Waals surface area (Å²) in [6.07, 6.45) is -0.835. The number of aromatic hydroxyl groups is 1. The number of carboxylic acid groups (broad SMARTS) is 1. The summed E-state index contributed by atoms with van der Waals surface area (Å²) in [4.78, 5) is 58.3. The van der Waals surface area contributed by atoms with E-state index in [0.29, 0.717) is 5.56 Å². The van der Waals surface area contributed by atoms with Gasteiger partial charge in [-0.1, -0.05) is 12.1 Å². The molecule has 0 spiro atoms. The van der Waals surface area contributed by atoms with E-state index in [0.717, 1.165) is 0 Å². The molecule has 0 aliphatic rings. The van der Waals surface area contributed by atoms with Crippen LogP contribution in [0.15, 0.2) is 24.3 Å². The van der Waals surface area contributed by atoms with Crippen LogP contribution in [0.2, 0.25) is 0 Å². The number of aliphatic carboxylic acids is 1. The first-order valence-electron chi connectivity index (χ1n) is 9.43. The highest BCUT2D eigenvalue weighted by atomic mass is 16.4. The number of hydrogen-bond donors (Lipinski definition) is 7. The van der Waals surface area contributed by atoms with E-state index in [1.165, 1.54) is 12.1 Å². The van der Waals surface area contributed by atoms with Crippen LogP contribution in [0.3, 0.4) is 0 Å². The molecule has 0 aliphatic carbocycles. The average molecular weight is 437 g/mol. The van der Waals surface area contributed by atoms with Crippen molar-refractivity contribution in [3.05, 3.63) is 29.8 Å². The monoisotopic (exact) mass is 437 g/mol. The highest BCUT2D eigenvalue weighted by molar-refractivity contribution is 5.92. The van der Waals surface area contributed by atoms with Crippen LogP contribution in [0.1, 0.15) is 31.2 Å². The molecule has 12 heteroatoms. The molecule has 3 unspecified atom stereocenters. The summed E-state index contributed by atoms with van der Waals surface area (Å²) in [5.74, 6) is -4.37. The second-order valence-corrected chi connectivity index (χ2v) is 6.95. The van der Waals surface area contributed by atoms with E-state index in [1.54, 1.807) is 12.1 Å². The Morgan fingerprint density at radius 1 is 0.839 bits per heavy atom. The minimum Gasteiger partial charge on any atom is -0.508 e. The van der Waals surface area contributed by atoms with Gasteiger partial charge in [0.25, 0.3) is 0 Å². The lowest BCUT2D eigenvalue weighted by atomic mass is 10.0. The quantitative estimate of drug-likeness (QED) is 0.179. The molecule has 0 saturated heterocycles. The Labute approximate surface area is 178 Å². The summed E-state index contributed by atoms with van der Waals surface area (Å²) in [6, 6.07) is 2.27. The van der Waals surface area contributed by atoms with Crippen molar-refractivity contribution in [1.29, 1.82) is 0 Å². The molecule has 0 aliphatic heterocycles. The second-order valence-electron chi connectivity index (χ2n) is 6.95. The zero-order chi connectivity index (χ0) is 23.6. The SMILES string of the molecule is NC(=O)CCC(NC(=O)C(CCC(N)=O)NC(=O)C(N)Cc1ccc(O)cc1)C(=O)O. The fourth-order valence-electron chi connectivity index (χ4n) is 2.63. The molecule has 0 aromatic heterocycles. The van der Waals surface area contributed by atoms with Crippen LogP contribution in [-0.2, 0) is 30.4 Å². The lowest BCUT2D eigenvalue weighted by Gasteiger charge is -2.22. The Morgan fingerprint density at radius 2 is 1.32 bits per heavy atom. The van der Waals surface area contributed by atoms with Crippen molar-refractivity contribution in [1.82, 2.24) is 10.6 Å². The smallest absolute Gasteiger partial charge is 0.326 e. The first kappa shape index (κ1) is 25.4. The number of primary amides is 2. The number of hydrogen-bond acceptors (Lipinski definition) is 7. The van der Waals surface area contributed by atoms with Crippen molar-refractivity contribution in [2.75, 3.05) is 0 Å². The van der Waals surface area contributed by atoms with Crippen LogP contribution in [0, 0.1) is 0 Å². The number of amides is 4. The predicted molar refractivity (Wildman–Crippen MR) is 108 cm³/mol. The van der Waals surface area contributed by atoms with E-state index in [1.807, 2.05) is 0 Å². The summed E-state index contributed by atoms with van der Waals surface area (Å²) < 4.78 is 0. The molecule has 3 atom stereocenters. The maximum Gasteiger partial charge on any atom is 0.326 e. The van der Waals surface area contributed by atoms with E-state index in [-0.39, 0.29) is 37.9 Å². The lowest BCUT2D eigenvalue weighted by Crippen LogP contribution is -2.55. The summed E-state index contributed by atoms with van der Waals surface area (Å²) in [5, 5.41) is 23.1. The molecule has 0 radical (unpaired) electrons. The van der Waals surface area contributed by atoms with Crippen molar-refractivity contribution in [3.8, 4) is 5.75 Å². The number of carbonyl (C=O) groups excluding carboxylic acids is 4. The Bertz CT molecular complexity index is 812. The van der Waals surface area contributed by atoms with Crippen molar-refractivity contribution < 1.29 is 34.2 Å². The summed E-state index contributed by atoms with van der Waals surface area (Å²) >= 11 is 0. The number of nitrogens with two attached hydrogens (primary N) is 3. The van der Waals surface area contributed by atoms with Crippen LogP contribution in [0.25, 0.3) is 0 Å². The fraction of sp³-hybridized carbons (Fsp3) is 0.421. The van der Waals surface area contributed by atoms with Gasteiger partial charge in [-0.05, 0) is 37.0 Å². The Morgan fingerprint density at radius 3 is 1.81 bits per heavy atom. The van der Waals surface area contributed by atoms with Gasteiger partial charge >= 0.3 is 5.97 Å². The highest BCUT2D eigenvalue weighted by Crippen LogP contribution is 2.11. The first-order valence-corrected chi connectivity index (χ1v) is 9.43. The zero-order valence-corrected chi connectivity index (χ0v) is 16.7. The Balaban J connectivity index is 2.82. The third kappa shape index (κ3) is 9.58. The number of nitrogens with one attached hydrogen (secondary N) is 2. The molecule has 10 N–H and O–H groups in total. The number of carbonyl (C=O) groups is 5. The van der Waals surface area contributed by atoms with E-state index in [2.05, 4.69) is 10.6 Å². The fourth-order valence-corrected chi connectivity index (χ4v) is 2.63. The Kier molecular flexibility index (Phi) is 9.92. The highest BCUT2D eigenvalue weighted by Gasteiger charge is 2.28. The molecule has 1 rings (SSSR count). The van der Waals surface area contributed by atoms with Gasteiger partial charge in [0, 0.05) is 12.8 Å². The van der Waals surface area contributed by atoms with Gasteiger partial charge in [0.2, 0.25) is 23.6 Å². The average Bonchev–Trinajstić information content (AvgIpc) is 2.68. The molecule has 31 heavy (non-hydrogen) atoms. The van der Waals surface area contributed by atoms with Gasteiger partial charge < -0.3 is 38.0 Å². The van der Waals surface area contributed by atoms with Gasteiger partial charge in [-0.2, -0.15) is 0 Å². The van der Waals surface area contributed by atoms with Gasteiger partial charge in [0.1, 0.15) is 17.8 Å². The van der Waals surface area contributed by atoms with Crippen molar-refractivity contribution >= 4 is 29.6 Å². The van der Waals surface area contributed by atoms with Crippen LogP contribution in [0.5, 0.6) is 5.75 Å². The van der Waals surface area contributed by atoms with E-state index < -0.39 is 47.7 Å². The van der Waals surface area contributed by atoms with Gasteiger partial charge in [-0.3, -0.25) is 19.2 Å². The van der Waals surface area contributed by atoms with Gasteiger partial charge in [0.15, 0.2) is 0 Å². The lowest BCUT2D eigenvalue weighted by molar-refractivity contribution is -0.142. The first-order chi connectivity index (χ1) is 14.5. The molecule has 1 aromatic carbocycles. The molecule has 4 amide bonds. The molecular formula is C19H27N5O7. The molecular weight excluding hydrogens is 410 g/mol. The van der Waals surface area contributed by atoms with Crippen molar-refractivity contribution in [2.45, 2.75) is 50.2 Å². The van der Waals surface area contributed by atoms with E-state index in [4.69, 9.17) is 17.2 Å². The minimum absolute atomic E-state index is 0.0503. The molecule has 0 heterocycles. The third-order valence-corrected chi connectivity index (χ3v) is 4.34. The van der Waals surface area contributed by atoms with Crippen molar-refractivity contribution in [2.24, 2.45) is 17.2 Å². The Hall–Kier alpha value is -3.67. The van der Waals surface area contributed by atoms with Gasteiger partial charge in [-0.25, -0.2) is 4.79 Å². The standard InChI is InChI=1S/C19H27N5O7/c20-12(9-10-1-3-11(25)4-2-10)17(28)23-13(5-7-15(21)26)18(29)24-14(19(30)31)6-8-16(22)27/h1-4,12-14,25H,5-9,20H2,(H2,21,26)(H2,22,27)(H,23,28)(H,24,29)(H,30,31). The summed E-state index contributed by atoms with van der Waals surface area (Å²) in [5.41, 5.74) is 16.6. The maximum absolute atomic E-state index is 12.5. The third-order valence-electron chi connectivity index (χ3n) is 4.34. The van der Waals surface area contributed by atoms with Crippen LogP contribution < -0.4 is 27.8 Å². The van der Waals surface area contributed by atoms with Crippen molar-refractivity contribution in [3.63, 3.8) is 0 Å². The number of rotatable bonds is 13. The summed E-state index contributed by atoms with van der Waals surface area (Å²) in [6.45, 7) is 0. The van der Waals surface area contributed by atoms with Gasteiger partial charge in [-0.15, -0.1) is 0 Å². The van der Waals surface area contributed by atoms with Crippen LogP contribution in [-0.4, -0.2) is 57.9 Å². The molecule has 0 fully saturated rings. The topological polar surface area (TPSA) is 228 Å². The normalized spacial score (nSPS) is 13.5. The maximum atomic E-state index is 12.5. The minimum atomic E-state index is -1.42. The number of benzene rings is 1. The molecule has 170 valence electrons. The van der Waals surface area contributed by atoms with Gasteiger partial charge in [0.05, 0.1) is 6.04 Å². The molecule has 12 nitrogen and oxygen atoms in total.